The van der Waals surface area contributed by atoms with Gasteiger partial charge >= 0.3 is 0 Å². The summed E-state index contributed by atoms with van der Waals surface area (Å²) in [5.74, 6) is 0.820. The largest absolute Gasteiger partial charge is 0.467 e. The number of hydrogen-bond donors (Lipinski definition) is 0. The second-order valence-electron chi connectivity index (χ2n) is 5.15. The summed E-state index contributed by atoms with van der Waals surface area (Å²) in [5.41, 5.74) is 1.52. The first-order valence-corrected chi connectivity index (χ1v) is 7.51. The zero-order valence-electron chi connectivity index (χ0n) is 13.0. The first-order chi connectivity index (χ1) is 10.2. The summed E-state index contributed by atoms with van der Waals surface area (Å²) in [6, 6.07) is 5.60. The van der Waals surface area contributed by atoms with Gasteiger partial charge in [0, 0.05) is 13.1 Å². The van der Waals surface area contributed by atoms with Crippen molar-refractivity contribution in [2.24, 2.45) is 0 Å². The second-order valence-corrected chi connectivity index (χ2v) is 5.15. The van der Waals surface area contributed by atoms with Gasteiger partial charge in [-0.2, -0.15) is 5.10 Å². The van der Waals surface area contributed by atoms with E-state index in [4.69, 9.17) is 4.42 Å². The fraction of sp³-hybridized carbons (Fsp3) is 0.500. The minimum atomic E-state index is 0.0160. The maximum absolute atomic E-state index is 12.8. The Bertz CT molecular complexity index is 572. The lowest BCUT2D eigenvalue weighted by molar-refractivity contribution is 0.0716. The molecule has 2 rings (SSSR count). The molecule has 0 spiro atoms. The van der Waals surface area contributed by atoms with E-state index >= 15 is 0 Å². The summed E-state index contributed by atoms with van der Waals surface area (Å²) in [5, 5.41) is 4.36. The van der Waals surface area contributed by atoms with Crippen LogP contribution in [-0.4, -0.2) is 27.1 Å². The van der Waals surface area contributed by atoms with E-state index in [1.165, 1.54) is 0 Å². The number of unbranched alkanes of at least 4 members (excludes halogenated alkanes) is 1. The minimum Gasteiger partial charge on any atom is -0.467 e. The number of rotatable bonds is 7. The van der Waals surface area contributed by atoms with Gasteiger partial charge in [-0.15, -0.1) is 0 Å². The number of amides is 1. The molecule has 0 atom stereocenters. The van der Waals surface area contributed by atoms with Crippen molar-refractivity contribution in [3.8, 4) is 0 Å². The van der Waals surface area contributed by atoms with Crippen molar-refractivity contribution >= 4 is 5.91 Å². The lowest BCUT2D eigenvalue weighted by Crippen LogP contribution is -2.33. The predicted molar refractivity (Wildman–Crippen MR) is 81.0 cm³/mol. The van der Waals surface area contributed by atoms with Crippen molar-refractivity contribution in [3.63, 3.8) is 0 Å². The second kappa shape index (κ2) is 7.11. The molecular weight excluding hydrogens is 266 g/mol. The summed E-state index contributed by atoms with van der Waals surface area (Å²) < 4.78 is 7.14. The Morgan fingerprint density at radius 1 is 1.43 bits per heavy atom. The van der Waals surface area contributed by atoms with Crippen LogP contribution in [-0.2, 0) is 13.1 Å². The van der Waals surface area contributed by atoms with Crippen LogP contribution in [0.4, 0.5) is 0 Å². The molecule has 0 aliphatic heterocycles. The summed E-state index contributed by atoms with van der Waals surface area (Å²) in [4.78, 5) is 14.6. The van der Waals surface area contributed by atoms with Gasteiger partial charge in [-0.05, 0) is 38.5 Å². The van der Waals surface area contributed by atoms with Gasteiger partial charge in [-0.25, -0.2) is 0 Å². The Morgan fingerprint density at radius 2 is 2.24 bits per heavy atom. The molecule has 0 unspecified atom stereocenters. The fourth-order valence-electron chi connectivity index (χ4n) is 2.31. The Morgan fingerprint density at radius 3 is 2.86 bits per heavy atom. The molecule has 0 N–H and O–H groups in total. The molecule has 0 saturated heterocycles. The molecule has 2 aromatic heterocycles. The highest BCUT2D eigenvalue weighted by Gasteiger charge is 2.21. The Labute approximate surface area is 125 Å². The normalized spacial score (nSPS) is 10.8. The number of aromatic nitrogens is 2. The van der Waals surface area contributed by atoms with E-state index in [0.717, 1.165) is 30.8 Å². The lowest BCUT2D eigenvalue weighted by Gasteiger charge is -2.21. The summed E-state index contributed by atoms with van der Waals surface area (Å²) in [7, 11) is 0. The van der Waals surface area contributed by atoms with Gasteiger partial charge in [0.15, 0.2) is 0 Å². The van der Waals surface area contributed by atoms with Gasteiger partial charge in [0.05, 0.1) is 18.5 Å². The molecule has 0 aliphatic rings. The molecule has 0 bridgehead atoms. The average Bonchev–Trinajstić information content (AvgIpc) is 3.11. The van der Waals surface area contributed by atoms with Crippen LogP contribution in [0.1, 0.15) is 48.6 Å². The van der Waals surface area contributed by atoms with Crippen LogP contribution in [0.2, 0.25) is 0 Å². The van der Waals surface area contributed by atoms with E-state index in [9.17, 15) is 4.79 Å². The molecular formula is C16H23N3O2. The number of furan rings is 1. The van der Waals surface area contributed by atoms with Crippen molar-refractivity contribution in [1.29, 1.82) is 0 Å². The monoisotopic (exact) mass is 289 g/mol. The first-order valence-electron chi connectivity index (χ1n) is 7.51. The zero-order chi connectivity index (χ0) is 15.2. The molecule has 0 fully saturated rings. The van der Waals surface area contributed by atoms with E-state index in [1.54, 1.807) is 10.9 Å². The number of carbonyl (C=O) groups is 1. The standard InChI is InChI=1S/C16H23N3O2/c1-4-6-9-18(12-14-8-7-10-21-14)16(20)15-11-13(3)17-19(15)5-2/h7-8,10-11H,4-6,9,12H2,1-3H3. The molecule has 2 heterocycles. The SMILES string of the molecule is CCCCN(Cc1ccco1)C(=O)c1cc(C)nn1CC. The van der Waals surface area contributed by atoms with E-state index in [2.05, 4.69) is 12.0 Å². The highest BCUT2D eigenvalue weighted by Crippen LogP contribution is 2.13. The van der Waals surface area contributed by atoms with E-state index < -0.39 is 0 Å². The smallest absolute Gasteiger partial charge is 0.272 e. The number of carbonyl (C=O) groups excluding carboxylic acids is 1. The lowest BCUT2D eigenvalue weighted by atomic mass is 10.2. The van der Waals surface area contributed by atoms with Crippen molar-refractivity contribution in [1.82, 2.24) is 14.7 Å². The average molecular weight is 289 g/mol. The Kier molecular flexibility index (Phi) is 5.20. The van der Waals surface area contributed by atoms with Crippen LogP contribution >= 0.6 is 0 Å². The van der Waals surface area contributed by atoms with E-state index in [0.29, 0.717) is 18.8 Å². The van der Waals surface area contributed by atoms with Crippen LogP contribution < -0.4 is 0 Å². The van der Waals surface area contributed by atoms with Crippen LogP contribution in [0.5, 0.6) is 0 Å². The topological polar surface area (TPSA) is 51.3 Å². The molecule has 0 aromatic carbocycles. The van der Waals surface area contributed by atoms with Gasteiger partial charge in [-0.3, -0.25) is 9.48 Å². The third-order valence-electron chi connectivity index (χ3n) is 3.42. The molecule has 1 amide bonds. The Hall–Kier alpha value is -2.04. The van der Waals surface area contributed by atoms with Crippen molar-refractivity contribution in [2.75, 3.05) is 6.54 Å². The maximum atomic E-state index is 12.8. The van der Waals surface area contributed by atoms with Crippen molar-refractivity contribution in [3.05, 3.63) is 41.6 Å². The number of aryl methyl sites for hydroxylation is 2. The third kappa shape index (κ3) is 3.74. The predicted octanol–water partition coefficient (Wildman–Crippen LogP) is 3.25. The number of hydrogen-bond acceptors (Lipinski definition) is 3. The van der Waals surface area contributed by atoms with E-state index in [1.807, 2.05) is 36.9 Å². The zero-order valence-corrected chi connectivity index (χ0v) is 13.0. The quantitative estimate of drug-likeness (QED) is 0.786. The summed E-state index contributed by atoms with van der Waals surface area (Å²) in [6.45, 7) is 7.94. The molecule has 21 heavy (non-hydrogen) atoms. The Balaban J connectivity index is 2.20. The third-order valence-corrected chi connectivity index (χ3v) is 3.42. The highest BCUT2D eigenvalue weighted by molar-refractivity contribution is 5.92. The van der Waals surface area contributed by atoms with Gasteiger partial charge in [0.2, 0.25) is 0 Å². The van der Waals surface area contributed by atoms with Crippen LogP contribution in [0.15, 0.2) is 28.9 Å². The van der Waals surface area contributed by atoms with Gasteiger partial charge < -0.3 is 9.32 Å². The molecule has 114 valence electrons. The first kappa shape index (κ1) is 15.4. The molecule has 0 aliphatic carbocycles. The van der Waals surface area contributed by atoms with Crippen LogP contribution in [0.3, 0.4) is 0 Å². The minimum absolute atomic E-state index is 0.0160. The molecule has 2 aromatic rings. The van der Waals surface area contributed by atoms with Crippen molar-refractivity contribution < 1.29 is 9.21 Å². The molecule has 0 saturated carbocycles. The number of nitrogens with zero attached hydrogens (tertiary/aromatic N) is 3. The van der Waals surface area contributed by atoms with Crippen molar-refractivity contribution in [2.45, 2.75) is 46.7 Å². The van der Waals surface area contributed by atoms with Crippen LogP contribution in [0.25, 0.3) is 0 Å². The summed E-state index contributed by atoms with van der Waals surface area (Å²) >= 11 is 0. The fourth-order valence-corrected chi connectivity index (χ4v) is 2.31. The van der Waals surface area contributed by atoms with Gasteiger partial charge in [0.1, 0.15) is 11.5 Å². The molecule has 5 heteroatoms. The highest BCUT2D eigenvalue weighted by atomic mass is 16.3. The molecule has 5 nitrogen and oxygen atoms in total. The maximum Gasteiger partial charge on any atom is 0.272 e. The molecule has 0 radical (unpaired) electrons. The summed E-state index contributed by atoms with van der Waals surface area (Å²) in [6.07, 6.45) is 3.66. The van der Waals surface area contributed by atoms with Gasteiger partial charge in [-0.1, -0.05) is 13.3 Å². The van der Waals surface area contributed by atoms with E-state index in [-0.39, 0.29) is 5.91 Å². The van der Waals surface area contributed by atoms with Gasteiger partial charge in [0.25, 0.3) is 5.91 Å². The van der Waals surface area contributed by atoms with Crippen LogP contribution in [0, 0.1) is 6.92 Å².